The number of alkyl halides is 3. The van der Waals surface area contributed by atoms with Crippen molar-refractivity contribution in [2.45, 2.75) is 38.0 Å². The SMILES string of the molecule is CC[C@@H](Nc1cc(F)c(C(=O)N[C@@H](Cc2ccc(-c3cc4ccncc4n(C)c3=O)c3ncccc23)C(=O)O)c(F)c1)C(F)(F)F. The number of anilines is 1. The molecule has 0 fully saturated rings. The van der Waals surface area contributed by atoms with Crippen molar-refractivity contribution in [3.8, 4) is 11.1 Å². The Morgan fingerprint density at radius 3 is 2.39 bits per heavy atom. The second-order valence-electron chi connectivity index (χ2n) is 10.6. The molecule has 3 N–H and O–H groups in total. The highest BCUT2D eigenvalue weighted by atomic mass is 19.4. The van der Waals surface area contributed by atoms with Crippen molar-refractivity contribution in [2.75, 3.05) is 5.32 Å². The lowest BCUT2D eigenvalue weighted by Crippen LogP contribution is -2.43. The fourth-order valence-corrected chi connectivity index (χ4v) is 5.27. The van der Waals surface area contributed by atoms with Crippen LogP contribution in [0.3, 0.4) is 0 Å². The first-order chi connectivity index (χ1) is 21.8. The molecule has 0 aliphatic carbocycles. The number of hydrogen-bond acceptors (Lipinski definition) is 6. The summed E-state index contributed by atoms with van der Waals surface area (Å²) >= 11 is 0. The monoisotopic (exact) mass is 639 g/mol. The van der Waals surface area contributed by atoms with Crippen molar-refractivity contribution in [1.82, 2.24) is 19.9 Å². The molecule has 3 heterocycles. The Hall–Kier alpha value is -5.40. The molecule has 2 aromatic carbocycles. The van der Waals surface area contributed by atoms with Crippen LogP contribution in [0.2, 0.25) is 0 Å². The summed E-state index contributed by atoms with van der Waals surface area (Å²) in [4.78, 5) is 46.9. The number of pyridine rings is 3. The van der Waals surface area contributed by atoms with Crippen LogP contribution in [-0.4, -0.2) is 49.8 Å². The molecule has 0 aliphatic heterocycles. The summed E-state index contributed by atoms with van der Waals surface area (Å²) in [6.45, 7) is 1.24. The highest BCUT2D eigenvalue weighted by Crippen LogP contribution is 2.31. The molecule has 238 valence electrons. The number of benzene rings is 2. The maximum absolute atomic E-state index is 14.9. The number of aliphatic carboxylic acids is 1. The number of nitrogens with zero attached hydrogens (tertiary/aromatic N) is 3. The maximum Gasteiger partial charge on any atom is 0.408 e. The molecule has 9 nitrogen and oxygen atoms in total. The minimum Gasteiger partial charge on any atom is -0.480 e. The van der Waals surface area contributed by atoms with Crippen molar-refractivity contribution >= 4 is 39.4 Å². The van der Waals surface area contributed by atoms with Crippen LogP contribution >= 0.6 is 0 Å². The highest BCUT2D eigenvalue weighted by Gasteiger charge is 2.38. The third-order valence-corrected chi connectivity index (χ3v) is 7.62. The van der Waals surface area contributed by atoms with Gasteiger partial charge in [-0.3, -0.25) is 19.6 Å². The van der Waals surface area contributed by atoms with Gasteiger partial charge in [-0.25, -0.2) is 13.6 Å². The van der Waals surface area contributed by atoms with Crippen molar-refractivity contribution in [2.24, 2.45) is 7.05 Å². The zero-order chi connectivity index (χ0) is 33.3. The van der Waals surface area contributed by atoms with Gasteiger partial charge in [0.1, 0.15) is 29.3 Å². The summed E-state index contributed by atoms with van der Waals surface area (Å²) in [6.07, 6.45) is -0.779. The average molecular weight is 640 g/mol. The van der Waals surface area contributed by atoms with Gasteiger partial charge >= 0.3 is 12.1 Å². The Kier molecular flexibility index (Phi) is 8.72. The lowest BCUT2D eigenvalue weighted by molar-refractivity contribution is -0.143. The van der Waals surface area contributed by atoms with Crippen LogP contribution in [0.4, 0.5) is 27.6 Å². The third kappa shape index (κ3) is 6.23. The number of carbonyl (C=O) groups excluding carboxylic acids is 1. The van der Waals surface area contributed by atoms with Gasteiger partial charge in [-0.2, -0.15) is 13.2 Å². The van der Waals surface area contributed by atoms with Crippen LogP contribution in [-0.2, 0) is 18.3 Å². The first-order valence-corrected chi connectivity index (χ1v) is 14.0. The van der Waals surface area contributed by atoms with Crippen molar-refractivity contribution in [3.63, 3.8) is 0 Å². The molecule has 0 aliphatic rings. The van der Waals surface area contributed by atoms with Gasteiger partial charge in [0.05, 0.1) is 17.2 Å². The van der Waals surface area contributed by atoms with Gasteiger partial charge in [0, 0.05) is 53.4 Å². The first kappa shape index (κ1) is 32.0. The smallest absolute Gasteiger partial charge is 0.408 e. The van der Waals surface area contributed by atoms with Gasteiger partial charge in [-0.05, 0) is 42.3 Å². The molecule has 5 rings (SSSR count). The zero-order valence-electron chi connectivity index (χ0n) is 24.3. The molecule has 3 aromatic heterocycles. The predicted octanol–water partition coefficient (Wildman–Crippen LogP) is 5.61. The van der Waals surface area contributed by atoms with E-state index >= 15 is 0 Å². The summed E-state index contributed by atoms with van der Waals surface area (Å²) in [6, 6.07) is 7.22. The Bertz CT molecular complexity index is 2020. The molecule has 0 saturated heterocycles. The Morgan fingerprint density at radius 2 is 1.74 bits per heavy atom. The fourth-order valence-electron chi connectivity index (χ4n) is 5.27. The number of halogens is 5. The van der Waals surface area contributed by atoms with Crippen LogP contribution in [0.25, 0.3) is 32.9 Å². The number of nitrogens with one attached hydrogen (secondary N) is 2. The van der Waals surface area contributed by atoms with Gasteiger partial charge in [0.25, 0.3) is 11.5 Å². The molecule has 0 radical (unpaired) electrons. The lowest BCUT2D eigenvalue weighted by atomic mass is 9.95. The highest BCUT2D eigenvalue weighted by molar-refractivity contribution is 5.99. The summed E-state index contributed by atoms with van der Waals surface area (Å²) in [5.74, 6) is -5.88. The van der Waals surface area contributed by atoms with E-state index in [-0.39, 0.29) is 12.0 Å². The van der Waals surface area contributed by atoms with Gasteiger partial charge < -0.3 is 20.3 Å². The second-order valence-corrected chi connectivity index (χ2v) is 10.6. The Morgan fingerprint density at radius 1 is 1.02 bits per heavy atom. The number of aromatic nitrogens is 3. The van der Waals surface area contributed by atoms with E-state index in [1.54, 1.807) is 55.8 Å². The molecule has 5 aromatic rings. The van der Waals surface area contributed by atoms with E-state index in [4.69, 9.17) is 0 Å². The van der Waals surface area contributed by atoms with E-state index in [2.05, 4.69) is 15.3 Å². The number of carboxylic acid groups (broad SMARTS) is 1. The fraction of sp³-hybridized carbons (Fsp3) is 0.219. The molecule has 2 atom stereocenters. The quantitative estimate of drug-likeness (QED) is 0.179. The number of carboxylic acids is 1. The number of rotatable bonds is 9. The molecule has 1 amide bonds. The van der Waals surface area contributed by atoms with Crippen LogP contribution < -0.4 is 16.2 Å². The van der Waals surface area contributed by atoms with E-state index < -0.39 is 59.4 Å². The molecule has 0 saturated carbocycles. The minimum atomic E-state index is -4.69. The van der Waals surface area contributed by atoms with E-state index in [1.165, 1.54) is 17.7 Å². The van der Waals surface area contributed by atoms with Crippen molar-refractivity contribution in [1.29, 1.82) is 0 Å². The summed E-state index contributed by atoms with van der Waals surface area (Å²) in [5, 5.41) is 15.2. The minimum absolute atomic E-state index is 0.315. The molecule has 0 unspecified atom stereocenters. The van der Waals surface area contributed by atoms with Crippen LogP contribution in [0, 0.1) is 11.6 Å². The van der Waals surface area contributed by atoms with Gasteiger partial charge in [-0.1, -0.05) is 25.1 Å². The van der Waals surface area contributed by atoms with Crippen molar-refractivity contribution in [3.05, 3.63) is 100 Å². The lowest BCUT2D eigenvalue weighted by Gasteiger charge is -2.22. The van der Waals surface area contributed by atoms with Crippen LogP contribution in [0.5, 0.6) is 0 Å². The number of fused-ring (bicyclic) bond motifs is 2. The van der Waals surface area contributed by atoms with Crippen LogP contribution in [0.1, 0.15) is 29.3 Å². The Labute approximate surface area is 257 Å². The molecule has 14 heteroatoms. The van der Waals surface area contributed by atoms with Crippen LogP contribution in [0.15, 0.2) is 71.9 Å². The summed E-state index contributed by atoms with van der Waals surface area (Å²) in [7, 11) is 1.61. The molecular formula is C32H26F5N5O4. The number of carbonyl (C=O) groups is 2. The number of amides is 1. The number of aryl methyl sites for hydroxylation is 1. The van der Waals surface area contributed by atoms with E-state index in [1.807, 2.05) is 5.32 Å². The zero-order valence-corrected chi connectivity index (χ0v) is 24.3. The third-order valence-electron chi connectivity index (χ3n) is 7.62. The molecule has 46 heavy (non-hydrogen) atoms. The van der Waals surface area contributed by atoms with E-state index in [0.29, 0.717) is 45.2 Å². The summed E-state index contributed by atoms with van der Waals surface area (Å²) < 4.78 is 70.5. The maximum atomic E-state index is 14.9. The largest absolute Gasteiger partial charge is 0.480 e. The molecule has 0 spiro atoms. The average Bonchev–Trinajstić information content (AvgIpc) is 3.00. The normalized spacial score (nSPS) is 13.0. The van der Waals surface area contributed by atoms with Gasteiger partial charge in [-0.15, -0.1) is 0 Å². The standard InChI is InChI=1S/C32H26F5N5O4/c1-3-26(32(35,36)37)40-18-13-22(33)27(23(34)14-18)29(43)41-24(31(45)46)12-16-6-7-20(28-19(16)5-4-9-39-28)21-11-17-8-10-38-15-25(17)42(2)30(21)44/h4-11,13-15,24,26,40H,3,12H2,1-2H3,(H,41,43)(H,45,46)/t24-,26+/m0/s1. The summed E-state index contributed by atoms with van der Waals surface area (Å²) in [5.41, 5.74) is 0.209. The molecular weight excluding hydrogens is 613 g/mol. The predicted molar refractivity (Wildman–Crippen MR) is 160 cm³/mol. The van der Waals surface area contributed by atoms with E-state index in [0.717, 1.165) is 5.39 Å². The topological polar surface area (TPSA) is 126 Å². The van der Waals surface area contributed by atoms with E-state index in [9.17, 15) is 41.4 Å². The van der Waals surface area contributed by atoms with Crippen molar-refractivity contribution < 1.29 is 36.6 Å². The second kappa shape index (κ2) is 12.5. The first-order valence-electron chi connectivity index (χ1n) is 14.0. The molecule has 0 bridgehead atoms. The number of hydrogen-bond donors (Lipinski definition) is 3. The van der Waals surface area contributed by atoms with Gasteiger partial charge in [0.2, 0.25) is 0 Å². The Balaban J connectivity index is 1.45. The van der Waals surface area contributed by atoms with Gasteiger partial charge in [0.15, 0.2) is 0 Å².